The van der Waals surface area contributed by atoms with Crippen LogP contribution in [0.4, 0.5) is 5.95 Å². The van der Waals surface area contributed by atoms with Crippen LogP contribution in [0, 0.1) is 17.3 Å². The molecule has 0 spiro atoms. The molecule has 166 valence electrons. The maximum absolute atomic E-state index is 11.6. The largest absolute Gasteiger partial charge is 0.493 e. The smallest absolute Gasteiger partial charge is 0.225 e. The summed E-state index contributed by atoms with van der Waals surface area (Å²) in [4.78, 5) is 11.2. The number of sulfone groups is 1. The highest BCUT2D eigenvalue weighted by Gasteiger charge is 2.66. The number of benzene rings is 2. The van der Waals surface area contributed by atoms with E-state index in [1.165, 1.54) is 6.26 Å². The Morgan fingerprint density at radius 1 is 1.06 bits per heavy atom. The van der Waals surface area contributed by atoms with Crippen LogP contribution in [-0.4, -0.2) is 44.3 Å². The lowest BCUT2D eigenvalue weighted by atomic mass is 10.1. The molecule has 2 aromatic carbocycles. The number of hydrogen-bond donors (Lipinski definition) is 0. The molecule has 3 unspecified atom stereocenters. The van der Waals surface area contributed by atoms with Crippen LogP contribution in [0.25, 0.3) is 11.1 Å². The number of piperidine rings is 1. The third-order valence-electron chi connectivity index (χ3n) is 6.81. The maximum Gasteiger partial charge on any atom is 0.225 e. The minimum Gasteiger partial charge on any atom is -0.493 e. The monoisotopic (exact) mass is 469 g/mol. The van der Waals surface area contributed by atoms with Gasteiger partial charge in [-0.15, -0.1) is 0 Å². The molecule has 8 heteroatoms. The predicted octanol–water partition coefficient (Wildman–Crippen LogP) is 4.35. The lowest BCUT2D eigenvalue weighted by molar-refractivity contribution is 0.270. The number of aromatic nitrogens is 2. The van der Waals surface area contributed by atoms with E-state index in [0.29, 0.717) is 28.4 Å². The zero-order valence-electron chi connectivity index (χ0n) is 17.9. The summed E-state index contributed by atoms with van der Waals surface area (Å²) in [5.74, 6) is 2.68. The SMILES string of the molecule is CC12CN(c3ncc(Cl)cn3)CC1C2COc1ccc(-c2ccc(S(C)(=O)=O)cc2)cc1. The second kappa shape index (κ2) is 7.74. The molecule has 1 saturated heterocycles. The average Bonchev–Trinajstić information content (AvgIpc) is 3.14. The normalized spacial score (nSPS) is 24.3. The Morgan fingerprint density at radius 2 is 1.66 bits per heavy atom. The van der Waals surface area contributed by atoms with Crippen molar-refractivity contribution < 1.29 is 13.2 Å². The Kier molecular flexibility index (Phi) is 5.13. The molecule has 1 saturated carbocycles. The molecule has 2 aliphatic rings. The average molecular weight is 470 g/mol. The summed E-state index contributed by atoms with van der Waals surface area (Å²) in [7, 11) is -3.19. The van der Waals surface area contributed by atoms with Gasteiger partial charge in [0.15, 0.2) is 9.84 Å². The number of fused-ring (bicyclic) bond motifs is 1. The number of hydrogen-bond acceptors (Lipinski definition) is 6. The van der Waals surface area contributed by atoms with Gasteiger partial charge >= 0.3 is 0 Å². The molecular formula is C24H24ClN3O3S. The predicted molar refractivity (Wildman–Crippen MR) is 125 cm³/mol. The summed E-state index contributed by atoms with van der Waals surface area (Å²) >= 11 is 5.89. The molecule has 3 aromatic rings. The van der Waals surface area contributed by atoms with Crippen LogP contribution in [-0.2, 0) is 9.84 Å². The quantitative estimate of drug-likeness (QED) is 0.534. The lowest BCUT2D eigenvalue weighted by Crippen LogP contribution is -2.29. The fourth-order valence-corrected chi connectivity index (χ4v) is 5.53. The molecule has 3 atom stereocenters. The topological polar surface area (TPSA) is 72.4 Å². The van der Waals surface area contributed by atoms with Crippen molar-refractivity contribution in [3.8, 4) is 16.9 Å². The van der Waals surface area contributed by atoms with Crippen LogP contribution in [0.15, 0.2) is 65.8 Å². The summed E-state index contributed by atoms with van der Waals surface area (Å²) in [6.07, 6.45) is 4.49. The zero-order chi connectivity index (χ0) is 22.5. The van der Waals surface area contributed by atoms with Gasteiger partial charge in [-0.1, -0.05) is 42.8 Å². The summed E-state index contributed by atoms with van der Waals surface area (Å²) < 4.78 is 29.3. The third-order valence-corrected chi connectivity index (χ3v) is 8.13. The van der Waals surface area contributed by atoms with Crippen molar-refractivity contribution in [1.29, 1.82) is 0 Å². The van der Waals surface area contributed by atoms with Crippen LogP contribution in [0.5, 0.6) is 5.75 Å². The van der Waals surface area contributed by atoms with E-state index in [0.717, 1.165) is 35.9 Å². The summed E-state index contributed by atoms with van der Waals surface area (Å²) in [5.41, 5.74) is 2.22. The highest BCUT2D eigenvalue weighted by atomic mass is 35.5. The summed E-state index contributed by atoms with van der Waals surface area (Å²) in [6.45, 7) is 4.87. The van der Waals surface area contributed by atoms with Crippen molar-refractivity contribution in [3.05, 3.63) is 65.9 Å². The van der Waals surface area contributed by atoms with Gasteiger partial charge in [0.1, 0.15) is 5.75 Å². The van der Waals surface area contributed by atoms with Crippen molar-refractivity contribution >= 4 is 27.4 Å². The molecule has 1 aromatic heterocycles. The number of nitrogens with zero attached hydrogens (tertiary/aromatic N) is 3. The Hall–Kier alpha value is -2.64. The molecule has 0 radical (unpaired) electrons. The van der Waals surface area contributed by atoms with E-state index in [4.69, 9.17) is 16.3 Å². The molecule has 5 rings (SSSR count). The van der Waals surface area contributed by atoms with E-state index < -0.39 is 9.84 Å². The molecule has 1 aliphatic carbocycles. The van der Waals surface area contributed by atoms with E-state index in [-0.39, 0.29) is 5.41 Å². The van der Waals surface area contributed by atoms with Crippen molar-refractivity contribution in [2.24, 2.45) is 17.3 Å². The number of rotatable bonds is 6. The van der Waals surface area contributed by atoms with E-state index >= 15 is 0 Å². The van der Waals surface area contributed by atoms with Crippen molar-refractivity contribution in [2.75, 3.05) is 30.9 Å². The first-order chi connectivity index (χ1) is 15.2. The summed E-state index contributed by atoms with van der Waals surface area (Å²) in [5, 5.41) is 0.549. The van der Waals surface area contributed by atoms with Crippen LogP contribution >= 0.6 is 11.6 Å². The molecule has 0 amide bonds. The molecule has 0 bridgehead atoms. The standard InChI is InChI=1S/C24H24ClN3O3S/c1-24-15-28(23-26-11-18(25)12-27-23)13-21(24)22(24)14-31-19-7-3-16(4-8-19)17-5-9-20(10-6-17)32(2,29)30/h3-12,21-22H,13-15H2,1-2H3. The first kappa shape index (κ1) is 21.2. The Labute approximate surface area is 193 Å². The van der Waals surface area contributed by atoms with Gasteiger partial charge in [0.25, 0.3) is 0 Å². The molecule has 2 fully saturated rings. The van der Waals surface area contributed by atoms with E-state index in [1.54, 1.807) is 24.5 Å². The van der Waals surface area contributed by atoms with Gasteiger partial charge in [0.2, 0.25) is 5.95 Å². The fraction of sp³-hybridized carbons (Fsp3) is 0.333. The highest BCUT2D eigenvalue weighted by Crippen LogP contribution is 2.63. The second-order valence-corrected chi connectivity index (χ2v) is 11.4. The number of halogens is 1. The van der Waals surface area contributed by atoms with E-state index in [2.05, 4.69) is 21.8 Å². The highest BCUT2D eigenvalue weighted by molar-refractivity contribution is 7.90. The van der Waals surface area contributed by atoms with Crippen LogP contribution < -0.4 is 9.64 Å². The van der Waals surface area contributed by atoms with Crippen molar-refractivity contribution in [2.45, 2.75) is 11.8 Å². The van der Waals surface area contributed by atoms with Gasteiger partial charge in [0.05, 0.1) is 28.9 Å². The van der Waals surface area contributed by atoms with Crippen LogP contribution in [0.1, 0.15) is 6.92 Å². The fourth-order valence-electron chi connectivity index (χ4n) is 4.80. The van der Waals surface area contributed by atoms with E-state index in [9.17, 15) is 8.42 Å². The first-order valence-corrected chi connectivity index (χ1v) is 12.8. The first-order valence-electron chi connectivity index (χ1n) is 10.5. The number of anilines is 1. The molecule has 1 aliphatic heterocycles. The van der Waals surface area contributed by atoms with Crippen molar-refractivity contribution in [3.63, 3.8) is 0 Å². The Morgan fingerprint density at radius 3 is 2.19 bits per heavy atom. The molecule has 0 N–H and O–H groups in total. The molecule has 2 heterocycles. The minimum atomic E-state index is -3.19. The number of ether oxygens (including phenoxy) is 1. The zero-order valence-corrected chi connectivity index (χ0v) is 19.5. The third kappa shape index (κ3) is 3.95. The van der Waals surface area contributed by atoms with Crippen LogP contribution in [0.3, 0.4) is 0 Å². The van der Waals surface area contributed by atoms with Gasteiger partial charge in [-0.2, -0.15) is 0 Å². The summed E-state index contributed by atoms with van der Waals surface area (Å²) in [6, 6.07) is 14.9. The van der Waals surface area contributed by atoms with Gasteiger partial charge in [0, 0.05) is 25.3 Å². The second-order valence-electron chi connectivity index (χ2n) is 8.93. The molecular weight excluding hydrogens is 446 g/mol. The Balaban J connectivity index is 1.17. The lowest BCUT2D eigenvalue weighted by Gasteiger charge is -2.22. The van der Waals surface area contributed by atoms with Gasteiger partial charge < -0.3 is 9.64 Å². The van der Waals surface area contributed by atoms with E-state index in [1.807, 2.05) is 36.4 Å². The van der Waals surface area contributed by atoms with Gasteiger partial charge in [-0.25, -0.2) is 18.4 Å². The Bertz CT molecular complexity index is 1230. The molecule has 6 nitrogen and oxygen atoms in total. The van der Waals surface area contributed by atoms with Crippen molar-refractivity contribution in [1.82, 2.24) is 9.97 Å². The maximum atomic E-state index is 11.6. The van der Waals surface area contributed by atoms with Gasteiger partial charge in [-0.05, 0) is 46.7 Å². The minimum absolute atomic E-state index is 0.226. The van der Waals surface area contributed by atoms with Crippen LogP contribution in [0.2, 0.25) is 5.02 Å². The van der Waals surface area contributed by atoms with Gasteiger partial charge in [-0.3, -0.25) is 0 Å². The molecule has 32 heavy (non-hydrogen) atoms.